The van der Waals surface area contributed by atoms with E-state index in [1.54, 1.807) is 0 Å². The molecule has 0 amide bonds. The number of halogens is 2. The van der Waals surface area contributed by atoms with Crippen molar-refractivity contribution in [3.05, 3.63) is 34.9 Å². The van der Waals surface area contributed by atoms with Crippen molar-refractivity contribution in [2.75, 3.05) is 0 Å². The van der Waals surface area contributed by atoms with Gasteiger partial charge in [-0.3, -0.25) is 0 Å². The van der Waals surface area contributed by atoms with Gasteiger partial charge in [0.05, 0.1) is 6.61 Å². The summed E-state index contributed by atoms with van der Waals surface area (Å²) in [5.74, 6) is -1.28. The van der Waals surface area contributed by atoms with Crippen LogP contribution in [0.4, 0.5) is 8.78 Å². The van der Waals surface area contributed by atoms with E-state index in [1.807, 2.05) is 0 Å². The minimum atomic E-state index is -0.699. The zero-order chi connectivity index (χ0) is 8.43. The molecule has 0 aliphatic carbocycles. The largest absolute Gasteiger partial charge is 0.392 e. The van der Waals surface area contributed by atoms with E-state index in [4.69, 9.17) is 5.11 Å². The van der Waals surface area contributed by atoms with Crippen molar-refractivity contribution in [3.63, 3.8) is 0 Å². The first-order valence-electron chi connectivity index (χ1n) is 3.20. The zero-order valence-electron chi connectivity index (χ0n) is 6.06. The lowest BCUT2D eigenvalue weighted by Gasteiger charge is -2.01. The summed E-state index contributed by atoms with van der Waals surface area (Å²) in [7, 11) is 0. The fourth-order valence-electron chi connectivity index (χ4n) is 0.838. The molecule has 3 heteroatoms. The van der Waals surface area contributed by atoms with Gasteiger partial charge in [0.2, 0.25) is 0 Å². The quantitative estimate of drug-likeness (QED) is 0.660. The van der Waals surface area contributed by atoms with Crippen LogP contribution in [-0.2, 0) is 6.61 Å². The summed E-state index contributed by atoms with van der Waals surface area (Å²) in [6.45, 7) is 1.13. The first-order valence-corrected chi connectivity index (χ1v) is 3.20. The third-order valence-corrected chi connectivity index (χ3v) is 1.50. The van der Waals surface area contributed by atoms with Gasteiger partial charge in [-0.2, -0.15) is 0 Å². The number of benzene rings is 1. The highest BCUT2D eigenvalue weighted by Gasteiger charge is 2.04. The van der Waals surface area contributed by atoms with Gasteiger partial charge >= 0.3 is 0 Å². The summed E-state index contributed by atoms with van der Waals surface area (Å²) in [6.07, 6.45) is 0. The Hall–Kier alpha value is -0.960. The van der Waals surface area contributed by atoms with Crippen LogP contribution in [0.3, 0.4) is 0 Å². The second-order valence-corrected chi connectivity index (χ2v) is 2.35. The van der Waals surface area contributed by atoms with Crippen molar-refractivity contribution in [1.82, 2.24) is 0 Å². The van der Waals surface area contributed by atoms with Crippen LogP contribution in [0.25, 0.3) is 0 Å². The van der Waals surface area contributed by atoms with Crippen LogP contribution in [0, 0.1) is 18.6 Å². The molecule has 1 aromatic rings. The topological polar surface area (TPSA) is 20.2 Å². The molecule has 11 heavy (non-hydrogen) atoms. The summed E-state index contributed by atoms with van der Waals surface area (Å²) < 4.78 is 25.2. The van der Waals surface area contributed by atoms with Gasteiger partial charge in [-0.25, -0.2) is 8.78 Å². The molecule has 1 nitrogen and oxygen atoms in total. The van der Waals surface area contributed by atoms with Crippen molar-refractivity contribution in [2.45, 2.75) is 13.5 Å². The van der Waals surface area contributed by atoms with E-state index in [1.165, 1.54) is 13.0 Å². The molecule has 60 valence electrons. The molecule has 0 saturated carbocycles. The van der Waals surface area contributed by atoms with Crippen LogP contribution < -0.4 is 0 Å². The fourth-order valence-corrected chi connectivity index (χ4v) is 0.838. The number of rotatable bonds is 1. The molecule has 0 radical (unpaired) electrons. The highest BCUT2D eigenvalue weighted by molar-refractivity contribution is 5.24. The van der Waals surface area contributed by atoms with Gasteiger partial charge in [-0.1, -0.05) is 0 Å². The molecule has 0 aliphatic rings. The van der Waals surface area contributed by atoms with Gasteiger partial charge in [0.25, 0.3) is 0 Å². The van der Waals surface area contributed by atoms with E-state index >= 15 is 0 Å². The fraction of sp³-hybridized carbons (Fsp3) is 0.250. The van der Waals surface area contributed by atoms with Crippen molar-refractivity contribution in [2.24, 2.45) is 0 Å². The molecule has 0 aromatic heterocycles. The van der Waals surface area contributed by atoms with Gasteiger partial charge in [-0.15, -0.1) is 0 Å². The van der Waals surface area contributed by atoms with Crippen molar-refractivity contribution in [3.8, 4) is 0 Å². The van der Waals surface area contributed by atoms with Gasteiger partial charge < -0.3 is 5.11 Å². The highest BCUT2D eigenvalue weighted by Crippen LogP contribution is 2.13. The minimum absolute atomic E-state index is 0.129. The molecule has 0 spiro atoms. The summed E-state index contributed by atoms with van der Waals surface area (Å²) in [4.78, 5) is 0. The Bertz CT molecular complexity index is 271. The maximum atomic E-state index is 12.6. The minimum Gasteiger partial charge on any atom is -0.392 e. The molecule has 1 aromatic carbocycles. The maximum Gasteiger partial charge on any atom is 0.131 e. The Labute approximate surface area is 63.3 Å². The van der Waals surface area contributed by atoms with Gasteiger partial charge in [0, 0.05) is 11.6 Å². The van der Waals surface area contributed by atoms with Crippen LogP contribution in [0.5, 0.6) is 0 Å². The molecule has 1 rings (SSSR count). The Morgan fingerprint density at radius 1 is 1.27 bits per heavy atom. The maximum absolute atomic E-state index is 12.6. The molecular weight excluding hydrogens is 150 g/mol. The van der Waals surface area contributed by atoms with Crippen LogP contribution in [0.15, 0.2) is 12.1 Å². The van der Waals surface area contributed by atoms with Crippen LogP contribution in [0.2, 0.25) is 0 Å². The average Bonchev–Trinajstić information content (AvgIpc) is 1.97. The predicted molar refractivity (Wildman–Crippen MR) is 37.0 cm³/mol. The third-order valence-electron chi connectivity index (χ3n) is 1.50. The van der Waals surface area contributed by atoms with E-state index in [2.05, 4.69) is 0 Å². The lowest BCUT2D eigenvalue weighted by molar-refractivity contribution is 0.275. The third kappa shape index (κ3) is 1.54. The number of hydrogen-bond donors (Lipinski definition) is 1. The lowest BCUT2D eigenvalue weighted by Crippen LogP contribution is -1.93. The van der Waals surface area contributed by atoms with E-state index in [-0.39, 0.29) is 5.56 Å². The first-order chi connectivity index (χ1) is 5.15. The number of aliphatic hydroxyl groups is 1. The van der Waals surface area contributed by atoms with E-state index in [9.17, 15) is 8.78 Å². The normalized spacial score (nSPS) is 10.2. The lowest BCUT2D eigenvalue weighted by atomic mass is 10.1. The first kappa shape index (κ1) is 8.14. The van der Waals surface area contributed by atoms with E-state index < -0.39 is 18.2 Å². The molecule has 0 fully saturated rings. The molecule has 0 atom stereocenters. The van der Waals surface area contributed by atoms with Crippen molar-refractivity contribution >= 4 is 0 Å². The Morgan fingerprint density at radius 3 is 2.45 bits per heavy atom. The summed E-state index contributed by atoms with van der Waals surface area (Å²) in [5, 5.41) is 8.57. The number of aryl methyl sites for hydroxylation is 1. The Kier molecular flexibility index (Phi) is 2.19. The second-order valence-electron chi connectivity index (χ2n) is 2.35. The summed E-state index contributed by atoms with van der Waals surface area (Å²) in [5.41, 5.74) is 0.472. The molecule has 0 aliphatic heterocycles. The molecule has 1 N–H and O–H groups in total. The molecule has 0 saturated heterocycles. The standard InChI is InChI=1S/C8H8F2O/c1-5-2-6(4-11)8(10)3-7(5)9/h2-3,11H,4H2,1H3. The summed E-state index contributed by atoms with van der Waals surface area (Å²) >= 11 is 0. The number of hydrogen-bond acceptors (Lipinski definition) is 1. The predicted octanol–water partition coefficient (Wildman–Crippen LogP) is 1.77. The zero-order valence-corrected chi connectivity index (χ0v) is 6.06. The van der Waals surface area contributed by atoms with Crippen LogP contribution >= 0.6 is 0 Å². The smallest absolute Gasteiger partial charge is 0.131 e. The second kappa shape index (κ2) is 2.96. The van der Waals surface area contributed by atoms with Crippen molar-refractivity contribution < 1.29 is 13.9 Å². The highest BCUT2D eigenvalue weighted by atomic mass is 19.1. The Morgan fingerprint density at radius 2 is 1.91 bits per heavy atom. The summed E-state index contributed by atoms with van der Waals surface area (Å²) in [6, 6.07) is 2.07. The number of aliphatic hydroxyl groups excluding tert-OH is 1. The van der Waals surface area contributed by atoms with Crippen LogP contribution in [0.1, 0.15) is 11.1 Å². The Balaban J connectivity index is 3.21. The van der Waals surface area contributed by atoms with Gasteiger partial charge in [-0.05, 0) is 18.6 Å². The monoisotopic (exact) mass is 158 g/mol. The van der Waals surface area contributed by atoms with Crippen molar-refractivity contribution in [1.29, 1.82) is 0 Å². The van der Waals surface area contributed by atoms with E-state index in [0.29, 0.717) is 5.56 Å². The molecular formula is C8H8F2O. The average molecular weight is 158 g/mol. The van der Waals surface area contributed by atoms with Gasteiger partial charge in [0.1, 0.15) is 11.6 Å². The SMILES string of the molecule is Cc1cc(CO)c(F)cc1F. The molecule has 0 bridgehead atoms. The molecule has 0 heterocycles. The molecule has 0 unspecified atom stereocenters. The van der Waals surface area contributed by atoms with Gasteiger partial charge in [0.15, 0.2) is 0 Å². The van der Waals surface area contributed by atoms with Crippen LogP contribution in [-0.4, -0.2) is 5.11 Å². The van der Waals surface area contributed by atoms with E-state index in [0.717, 1.165) is 6.07 Å².